The molecule has 0 saturated heterocycles. The number of nitrogens with zero attached hydrogens (tertiary/aromatic N) is 2. The van der Waals surface area contributed by atoms with Crippen LogP contribution in [0.3, 0.4) is 0 Å². The van der Waals surface area contributed by atoms with Gasteiger partial charge in [0.15, 0.2) is 0 Å². The zero-order chi connectivity index (χ0) is 20.2. The lowest BCUT2D eigenvalue weighted by Crippen LogP contribution is -2.15. The Morgan fingerprint density at radius 2 is 1.90 bits per heavy atom. The second kappa shape index (κ2) is 8.19. The van der Waals surface area contributed by atoms with Crippen molar-refractivity contribution in [1.29, 1.82) is 0 Å². The number of aryl methyl sites for hydroxylation is 2. The van der Waals surface area contributed by atoms with Crippen molar-refractivity contribution < 1.29 is 9.53 Å². The maximum atomic E-state index is 13.0. The van der Waals surface area contributed by atoms with Crippen LogP contribution in [0.15, 0.2) is 73.1 Å². The first kappa shape index (κ1) is 18.7. The Hall–Kier alpha value is -3.60. The lowest BCUT2D eigenvalue weighted by atomic mass is 10.1. The molecule has 0 atom stereocenters. The summed E-state index contributed by atoms with van der Waals surface area (Å²) in [6.07, 6.45) is 4.73. The predicted molar refractivity (Wildman–Crippen MR) is 114 cm³/mol. The van der Waals surface area contributed by atoms with Gasteiger partial charge in [0.2, 0.25) is 0 Å². The quantitative estimate of drug-likeness (QED) is 0.506. The topological polar surface area (TPSA) is 55.6 Å². The van der Waals surface area contributed by atoms with E-state index in [9.17, 15) is 4.79 Å². The fourth-order valence-corrected chi connectivity index (χ4v) is 3.37. The largest absolute Gasteiger partial charge is 0.486 e. The zero-order valence-electron chi connectivity index (χ0n) is 16.6. The van der Waals surface area contributed by atoms with Crippen molar-refractivity contribution in [3.05, 3.63) is 95.4 Å². The summed E-state index contributed by atoms with van der Waals surface area (Å²) in [5.74, 6) is 0.355. The van der Waals surface area contributed by atoms with Crippen molar-refractivity contribution >= 4 is 17.2 Å². The van der Waals surface area contributed by atoms with Gasteiger partial charge in [0.05, 0.1) is 11.3 Å². The number of hydrogen-bond acceptors (Lipinski definition) is 3. The summed E-state index contributed by atoms with van der Waals surface area (Å²) in [5, 5.41) is 3.07. The zero-order valence-corrected chi connectivity index (χ0v) is 16.6. The summed E-state index contributed by atoms with van der Waals surface area (Å²) in [7, 11) is 0. The van der Waals surface area contributed by atoms with Crippen LogP contribution >= 0.6 is 0 Å². The van der Waals surface area contributed by atoms with Crippen molar-refractivity contribution in [1.82, 2.24) is 9.38 Å². The Kier molecular flexibility index (Phi) is 5.29. The number of rotatable bonds is 6. The first-order valence-corrected chi connectivity index (χ1v) is 9.70. The maximum Gasteiger partial charge on any atom is 0.259 e. The van der Waals surface area contributed by atoms with E-state index in [2.05, 4.69) is 17.2 Å². The van der Waals surface area contributed by atoms with Crippen LogP contribution in [0.4, 0.5) is 5.69 Å². The van der Waals surface area contributed by atoms with Gasteiger partial charge in [-0.2, -0.15) is 0 Å². The monoisotopic (exact) mass is 385 g/mol. The minimum atomic E-state index is -0.181. The van der Waals surface area contributed by atoms with Gasteiger partial charge in [-0.3, -0.25) is 4.79 Å². The second-order valence-electron chi connectivity index (χ2n) is 6.90. The van der Waals surface area contributed by atoms with Gasteiger partial charge in [-0.15, -0.1) is 0 Å². The number of fused-ring (bicyclic) bond motifs is 1. The van der Waals surface area contributed by atoms with Crippen LogP contribution in [0.1, 0.15) is 34.1 Å². The van der Waals surface area contributed by atoms with E-state index in [1.54, 1.807) is 6.07 Å². The summed E-state index contributed by atoms with van der Waals surface area (Å²) in [6, 6.07) is 19.2. The molecule has 0 aliphatic heterocycles. The number of amides is 1. The third-order valence-corrected chi connectivity index (χ3v) is 4.90. The lowest BCUT2D eigenvalue weighted by Gasteiger charge is -2.15. The van der Waals surface area contributed by atoms with Crippen molar-refractivity contribution in [3.8, 4) is 5.75 Å². The molecule has 4 aromatic rings. The molecule has 2 heterocycles. The molecule has 1 amide bonds. The number of ether oxygens (including phenoxy) is 1. The van der Waals surface area contributed by atoms with Gasteiger partial charge in [-0.1, -0.05) is 43.3 Å². The molecule has 2 aromatic carbocycles. The number of nitrogens with one attached hydrogen (secondary N) is 1. The Bertz CT molecular complexity index is 1130. The van der Waals surface area contributed by atoms with E-state index in [0.717, 1.165) is 34.6 Å². The van der Waals surface area contributed by atoms with E-state index in [1.807, 2.05) is 78.3 Å². The number of aromatic nitrogens is 2. The number of anilines is 1. The van der Waals surface area contributed by atoms with Crippen LogP contribution in [-0.4, -0.2) is 15.3 Å². The number of para-hydroxylation sites is 2. The molecule has 5 heteroatoms. The van der Waals surface area contributed by atoms with E-state index in [-0.39, 0.29) is 12.5 Å². The summed E-state index contributed by atoms with van der Waals surface area (Å²) in [6.45, 7) is 4.37. The normalized spacial score (nSPS) is 10.8. The third kappa shape index (κ3) is 3.99. The smallest absolute Gasteiger partial charge is 0.259 e. The van der Waals surface area contributed by atoms with Gasteiger partial charge >= 0.3 is 0 Å². The molecular formula is C24H23N3O2. The highest BCUT2D eigenvalue weighted by molar-refractivity contribution is 6.06. The second-order valence-corrected chi connectivity index (χ2v) is 6.90. The van der Waals surface area contributed by atoms with Gasteiger partial charge in [0.1, 0.15) is 18.0 Å². The van der Waals surface area contributed by atoms with Crippen LogP contribution in [0, 0.1) is 6.92 Å². The molecule has 29 heavy (non-hydrogen) atoms. The molecule has 0 aliphatic rings. The number of hydrogen-bond donors (Lipinski definition) is 1. The number of carbonyl (C=O) groups is 1. The minimum absolute atomic E-state index is 0.181. The molecule has 2 aromatic heterocycles. The molecular weight excluding hydrogens is 362 g/mol. The summed E-state index contributed by atoms with van der Waals surface area (Å²) in [5.41, 5.74) is 5.20. The molecule has 146 valence electrons. The minimum Gasteiger partial charge on any atom is -0.486 e. The Balaban J connectivity index is 1.54. The first-order chi connectivity index (χ1) is 14.2. The van der Waals surface area contributed by atoms with Crippen LogP contribution in [0.2, 0.25) is 0 Å². The van der Waals surface area contributed by atoms with Crippen LogP contribution in [-0.2, 0) is 13.0 Å². The van der Waals surface area contributed by atoms with Gasteiger partial charge in [-0.25, -0.2) is 4.98 Å². The summed E-state index contributed by atoms with van der Waals surface area (Å²) < 4.78 is 7.91. The SMILES string of the molecule is CCc1cccc(C)c1NC(=O)c1ccccc1OCc1cn2ccccc2n1. The van der Waals surface area contributed by atoms with Crippen molar-refractivity contribution in [3.63, 3.8) is 0 Å². The van der Waals surface area contributed by atoms with E-state index in [1.165, 1.54) is 0 Å². The van der Waals surface area contributed by atoms with Crippen LogP contribution in [0.5, 0.6) is 5.75 Å². The number of carbonyl (C=O) groups excluding carboxylic acids is 1. The molecule has 0 radical (unpaired) electrons. The molecule has 0 fully saturated rings. The van der Waals surface area contributed by atoms with Gasteiger partial charge in [-0.05, 0) is 48.7 Å². The lowest BCUT2D eigenvalue weighted by molar-refractivity contribution is 0.102. The highest BCUT2D eigenvalue weighted by atomic mass is 16.5. The van der Waals surface area contributed by atoms with Crippen molar-refractivity contribution in [2.75, 3.05) is 5.32 Å². The molecule has 0 saturated carbocycles. The highest BCUT2D eigenvalue weighted by Gasteiger charge is 2.15. The fraction of sp³-hybridized carbons (Fsp3) is 0.167. The molecule has 5 nitrogen and oxygen atoms in total. The van der Waals surface area contributed by atoms with Crippen molar-refractivity contribution in [2.24, 2.45) is 0 Å². The standard InChI is InChI=1S/C24H23N3O2/c1-3-18-10-8-9-17(2)23(18)26-24(28)20-11-4-5-12-21(20)29-16-19-15-27-14-7-6-13-22(27)25-19/h4-15H,3,16H2,1-2H3,(H,26,28). The molecule has 0 aliphatic carbocycles. The van der Waals surface area contributed by atoms with E-state index >= 15 is 0 Å². The van der Waals surface area contributed by atoms with E-state index < -0.39 is 0 Å². The third-order valence-electron chi connectivity index (χ3n) is 4.90. The van der Waals surface area contributed by atoms with Gasteiger partial charge < -0.3 is 14.5 Å². The maximum absolute atomic E-state index is 13.0. The number of benzene rings is 2. The highest BCUT2D eigenvalue weighted by Crippen LogP contribution is 2.25. The number of imidazole rings is 1. The van der Waals surface area contributed by atoms with Crippen LogP contribution in [0.25, 0.3) is 5.65 Å². The molecule has 0 spiro atoms. The first-order valence-electron chi connectivity index (χ1n) is 9.70. The van der Waals surface area contributed by atoms with Gasteiger partial charge in [0.25, 0.3) is 5.91 Å². The van der Waals surface area contributed by atoms with Crippen molar-refractivity contribution in [2.45, 2.75) is 26.9 Å². The van der Waals surface area contributed by atoms with E-state index in [4.69, 9.17) is 4.74 Å². The molecule has 4 rings (SSSR count). The molecule has 0 unspecified atom stereocenters. The van der Waals surface area contributed by atoms with Gasteiger partial charge in [0, 0.05) is 18.1 Å². The average Bonchev–Trinajstić information content (AvgIpc) is 3.17. The molecule has 0 bridgehead atoms. The Labute approximate surface area is 170 Å². The Morgan fingerprint density at radius 3 is 2.72 bits per heavy atom. The molecule has 1 N–H and O–H groups in total. The fourth-order valence-electron chi connectivity index (χ4n) is 3.37. The Morgan fingerprint density at radius 1 is 1.07 bits per heavy atom. The summed E-state index contributed by atoms with van der Waals surface area (Å²) >= 11 is 0. The van der Waals surface area contributed by atoms with Crippen LogP contribution < -0.4 is 10.1 Å². The number of pyridine rings is 1. The van der Waals surface area contributed by atoms with E-state index in [0.29, 0.717) is 11.3 Å². The predicted octanol–water partition coefficient (Wildman–Crippen LogP) is 5.04. The summed E-state index contributed by atoms with van der Waals surface area (Å²) in [4.78, 5) is 17.5. The average molecular weight is 385 g/mol.